The number of nitrogens with one attached hydrogen (secondary N) is 2. The maximum absolute atomic E-state index is 12.5. The van der Waals surface area contributed by atoms with Gasteiger partial charge in [-0.2, -0.15) is 0 Å². The predicted molar refractivity (Wildman–Crippen MR) is 77.8 cm³/mol. The predicted octanol–water partition coefficient (Wildman–Crippen LogP) is 1.54. The first kappa shape index (κ1) is 16.4. The van der Waals surface area contributed by atoms with Crippen LogP contribution in [0.5, 0.6) is 0 Å². The van der Waals surface area contributed by atoms with Crippen molar-refractivity contribution in [3.63, 3.8) is 0 Å². The Labute approximate surface area is 117 Å². The van der Waals surface area contributed by atoms with E-state index in [2.05, 4.69) is 38.3 Å². The molecule has 3 N–H and O–H groups in total. The highest BCUT2D eigenvalue weighted by Gasteiger charge is 2.44. The zero-order chi connectivity index (χ0) is 14.7. The highest BCUT2D eigenvalue weighted by atomic mass is 16.3. The molecule has 1 aliphatic rings. The number of aliphatic hydroxyl groups is 1. The third-order valence-corrected chi connectivity index (χ3v) is 4.22. The molecule has 0 aromatic carbocycles. The van der Waals surface area contributed by atoms with Crippen LogP contribution in [0.1, 0.15) is 47.5 Å². The smallest absolute Gasteiger partial charge is 0.227 e. The zero-order valence-corrected chi connectivity index (χ0v) is 13.0. The number of hydrogen-bond donors (Lipinski definition) is 3. The first-order chi connectivity index (χ1) is 8.69. The second-order valence-electron chi connectivity index (χ2n) is 7.02. The van der Waals surface area contributed by atoms with Crippen molar-refractivity contribution in [2.75, 3.05) is 19.6 Å². The molecule has 0 bridgehead atoms. The summed E-state index contributed by atoms with van der Waals surface area (Å²) in [6, 6.07) is 0. The summed E-state index contributed by atoms with van der Waals surface area (Å²) in [5.41, 5.74) is -1.14. The number of hydrogen-bond acceptors (Lipinski definition) is 3. The Hall–Kier alpha value is -0.610. The van der Waals surface area contributed by atoms with Gasteiger partial charge in [-0.05, 0) is 38.1 Å². The number of carbonyl (C=O) groups excluding carboxylic acids is 1. The summed E-state index contributed by atoms with van der Waals surface area (Å²) in [6.45, 7) is 12.1. The van der Waals surface area contributed by atoms with E-state index in [0.29, 0.717) is 24.8 Å². The van der Waals surface area contributed by atoms with E-state index in [0.717, 1.165) is 19.5 Å². The Kier molecular flexibility index (Phi) is 5.39. The minimum Gasteiger partial charge on any atom is -0.388 e. The number of carbonyl (C=O) groups is 1. The fourth-order valence-electron chi connectivity index (χ4n) is 3.06. The van der Waals surface area contributed by atoms with Crippen molar-refractivity contribution in [1.29, 1.82) is 0 Å². The van der Waals surface area contributed by atoms with Gasteiger partial charge in [0, 0.05) is 13.1 Å². The van der Waals surface area contributed by atoms with Crippen LogP contribution in [0.25, 0.3) is 0 Å². The third-order valence-electron chi connectivity index (χ3n) is 4.22. The van der Waals surface area contributed by atoms with Gasteiger partial charge >= 0.3 is 0 Å². The van der Waals surface area contributed by atoms with E-state index in [9.17, 15) is 9.90 Å². The number of rotatable bonds is 6. The minimum atomic E-state index is -0.825. The molecule has 19 heavy (non-hydrogen) atoms. The lowest BCUT2D eigenvalue weighted by molar-refractivity contribution is -0.133. The Morgan fingerprint density at radius 3 is 2.47 bits per heavy atom. The van der Waals surface area contributed by atoms with Crippen molar-refractivity contribution in [3.05, 3.63) is 0 Å². The van der Waals surface area contributed by atoms with Crippen molar-refractivity contribution in [1.82, 2.24) is 10.6 Å². The third kappa shape index (κ3) is 4.18. The topological polar surface area (TPSA) is 61.4 Å². The molecule has 1 saturated heterocycles. The lowest BCUT2D eigenvalue weighted by atomic mass is 9.75. The second kappa shape index (κ2) is 6.23. The van der Waals surface area contributed by atoms with Crippen molar-refractivity contribution in [2.24, 2.45) is 17.3 Å². The lowest BCUT2D eigenvalue weighted by Crippen LogP contribution is -2.50. The van der Waals surface area contributed by atoms with Crippen LogP contribution in [-0.4, -0.2) is 36.2 Å². The summed E-state index contributed by atoms with van der Waals surface area (Å²) >= 11 is 0. The molecular formula is C15H30N2O2. The largest absolute Gasteiger partial charge is 0.388 e. The van der Waals surface area contributed by atoms with Crippen LogP contribution < -0.4 is 10.6 Å². The Bertz CT molecular complexity index is 305. The molecule has 112 valence electrons. The monoisotopic (exact) mass is 270 g/mol. The average molecular weight is 270 g/mol. The Morgan fingerprint density at radius 2 is 2.05 bits per heavy atom. The fraction of sp³-hybridized carbons (Fsp3) is 0.933. The van der Waals surface area contributed by atoms with Gasteiger partial charge in [0.25, 0.3) is 0 Å². The first-order valence-electron chi connectivity index (χ1n) is 7.41. The molecule has 2 unspecified atom stereocenters. The first-order valence-corrected chi connectivity index (χ1v) is 7.41. The molecule has 1 fully saturated rings. The van der Waals surface area contributed by atoms with Crippen LogP contribution in [-0.2, 0) is 4.79 Å². The maximum atomic E-state index is 12.5. The molecule has 0 aromatic rings. The summed E-state index contributed by atoms with van der Waals surface area (Å²) in [6.07, 6.45) is 1.57. The Balaban J connectivity index is 2.59. The van der Waals surface area contributed by atoms with Gasteiger partial charge in [-0.15, -0.1) is 0 Å². The normalized spacial score (nSPS) is 26.7. The molecular weight excluding hydrogens is 240 g/mol. The molecule has 1 aliphatic heterocycles. The molecule has 2 atom stereocenters. The van der Waals surface area contributed by atoms with Gasteiger partial charge in [0.15, 0.2) is 0 Å². The van der Waals surface area contributed by atoms with Crippen LogP contribution in [0.3, 0.4) is 0 Å². The molecule has 0 saturated carbocycles. The summed E-state index contributed by atoms with van der Waals surface area (Å²) in [4.78, 5) is 12.5. The van der Waals surface area contributed by atoms with Gasteiger partial charge in [-0.3, -0.25) is 4.79 Å². The molecule has 0 spiro atoms. The van der Waals surface area contributed by atoms with Gasteiger partial charge in [0.2, 0.25) is 5.91 Å². The molecule has 4 nitrogen and oxygen atoms in total. The van der Waals surface area contributed by atoms with E-state index in [-0.39, 0.29) is 11.3 Å². The van der Waals surface area contributed by atoms with E-state index in [1.54, 1.807) is 6.92 Å². The van der Waals surface area contributed by atoms with E-state index < -0.39 is 5.60 Å². The SMILES string of the molecule is CC(C)CC(C)(O)CNC(=O)C1(C(C)C)CCNC1. The molecule has 1 amide bonds. The van der Waals surface area contributed by atoms with Crippen LogP contribution in [0.2, 0.25) is 0 Å². The van der Waals surface area contributed by atoms with Crippen LogP contribution in [0.15, 0.2) is 0 Å². The molecule has 0 aromatic heterocycles. The summed E-state index contributed by atoms with van der Waals surface area (Å²) in [5, 5.41) is 16.5. The summed E-state index contributed by atoms with van der Waals surface area (Å²) in [5.74, 6) is 0.799. The molecule has 1 heterocycles. The quantitative estimate of drug-likeness (QED) is 0.686. The zero-order valence-electron chi connectivity index (χ0n) is 13.0. The Morgan fingerprint density at radius 1 is 1.42 bits per heavy atom. The van der Waals surface area contributed by atoms with Crippen molar-refractivity contribution in [2.45, 2.75) is 53.1 Å². The molecule has 4 heteroatoms. The van der Waals surface area contributed by atoms with E-state index >= 15 is 0 Å². The van der Waals surface area contributed by atoms with Gasteiger partial charge in [0.1, 0.15) is 0 Å². The van der Waals surface area contributed by atoms with Crippen LogP contribution in [0.4, 0.5) is 0 Å². The van der Waals surface area contributed by atoms with Crippen LogP contribution in [0, 0.1) is 17.3 Å². The van der Waals surface area contributed by atoms with Crippen molar-refractivity contribution < 1.29 is 9.90 Å². The summed E-state index contributed by atoms with van der Waals surface area (Å²) < 4.78 is 0. The lowest BCUT2D eigenvalue weighted by Gasteiger charge is -2.33. The van der Waals surface area contributed by atoms with E-state index in [1.807, 2.05) is 0 Å². The second-order valence-corrected chi connectivity index (χ2v) is 7.02. The summed E-state index contributed by atoms with van der Waals surface area (Å²) in [7, 11) is 0. The maximum Gasteiger partial charge on any atom is 0.227 e. The van der Waals surface area contributed by atoms with E-state index in [4.69, 9.17) is 0 Å². The van der Waals surface area contributed by atoms with Crippen molar-refractivity contribution in [3.8, 4) is 0 Å². The van der Waals surface area contributed by atoms with E-state index in [1.165, 1.54) is 0 Å². The average Bonchev–Trinajstić information content (AvgIpc) is 2.74. The molecule has 1 rings (SSSR count). The van der Waals surface area contributed by atoms with Gasteiger partial charge in [0.05, 0.1) is 11.0 Å². The van der Waals surface area contributed by atoms with Crippen molar-refractivity contribution >= 4 is 5.91 Å². The molecule has 0 radical (unpaired) electrons. The minimum absolute atomic E-state index is 0.0801. The highest BCUT2D eigenvalue weighted by molar-refractivity contribution is 5.83. The van der Waals surface area contributed by atoms with Gasteiger partial charge in [-0.1, -0.05) is 27.7 Å². The standard InChI is InChI=1S/C15H30N2O2/c1-11(2)8-14(5,19)9-17-13(18)15(12(3)4)6-7-16-10-15/h11-12,16,19H,6-10H2,1-5H3,(H,17,18). The van der Waals surface area contributed by atoms with Crippen LogP contribution >= 0.6 is 0 Å². The van der Waals surface area contributed by atoms with Gasteiger partial charge in [-0.25, -0.2) is 0 Å². The fourth-order valence-corrected chi connectivity index (χ4v) is 3.06. The highest BCUT2D eigenvalue weighted by Crippen LogP contribution is 2.34. The van der Waals surface area contributed by atoms with Gasteiger partial charge < -0.3 is 15.7 Å². The molecule has 0 aliphatic carbocycles. The number of amides is 1.